The smallest absolute Gasteiger partial charge is 0.410 e. The summed E-state index contributed by atoms with van der Waals surface area (Å²) in [6.45, 7) is 21.8. The van der Waals surface area contributed by atoms with Crippen molar-refractivity contribution in [1.29, 1.82) is 0 Å². The highest BCUT2D eigenvalue weighted by molar-refractivity contribution is 6.00. The van der Waals surface area contributed by atoms with Crippen LogP contribution in [0.2, 0.25) is 0 Å². The van der Waals surface area contributed by atoms with Gasteiger partial charge in [-0.25, -0.2) is 9.78 Å². The largest absolute Gasteiger partial charge is 0.458 e. The number of ether oxygens (including phenoxy) is 4. The van der Waals surface area contributed by atoms with E-state index >= 15 is 0 Å². The van der Waals surface area contributed by atoms with Gasteiger partial charge < -0.3 is 43.7 Å². The number of fused-ring (bicyclic) bond motifs is 1. The van der Waals surface area contributed by atoms with Gasteiger partial charge in [-0.3, -0.25) is 28.9 Å². The molecule has 0 bridgehead atoms. The van der Waals surface area contributed by atoms with Gasteiger partial charge in [0.2, 0.25) is 0 Å². The van der Waals surface area contributed by atoms with Crippen molar-refractivity contribution < 1.29 is 43.2 Å². The van der Waals surface area contributed by atoms with Crippen LogP contribution in [0.15, 0.2) is 43.2 Å². The van der Waals surface area contributed by atoms with Gasteiger partial charge in [0.25, 0.3) is 0 Å². The van der Waals surface area contributed by atoms with E-state index in [1.165, 1.54) is 6.92 Å². The first kappa shape index (κ1) is 55.1. The third kappa shape index (κ3) is 12.5. The van der Waals surface area contributed by atoms with E-state index in [0.717, 1.165) is 62.6 Å². The Balaban J connectivity index is 1.07. The molecule has 19 heteroatoms. The van der Waals surface area contributed by atoms with Gasteiger partial charge in [-0.1, -0.05) is 39.8 Å². The number of aliphatic hydroxyl groups excluding tert-OH is 1. The lowest BCUT2D eigenvalue weighted by atomic mass is 9.73. The van der Waals surface area contributed by atoms with Crippen LogP contribution in [0.4, 0.5) is 4.79 Å². The van der Waals surface area contributed by atoms with Crippen molar-refractivity contribution in [1.82, 2.24) is 49.5 Å². The van der Waals surface area contributed by atoms with E-state index in [0.29, 0.717) is 45.3 Å². The Hall–Kier alpha value is -4.66. The van der Waals surface area contributed by atoms with Crippen molar-refractivity contribution in [3.63, 3.8) is 0 Å². The number of amides is 1. The van der Waals surface area contributed by atoms with Gasteiger partial charge in [-0.2, -0.15) is 0 Å². The van der Waals surface area contributed by atoms with Gasteiger partial charge in [0.15, 0.2) is 11.4 Å². The molecule has 0 radical (unpaired) electrons. The number of unbranched alkanes of at least 4 members (excludes halogenated alkanes) is 1. The number of imidazole rings is 1. The van der Waals surface area contributed by atoms with Crippen molar-refractivity contribution >= 4 is 23.6 Å². The van der Waals surface area contributed by atoms with Crippen LogP contribution >= 0.6 is 0 Å². The van der Waals surface area contributed by atoms with Crippen molar-refractivity contribution in [3.05, 3.63) is 48.9 Å². The van der Waals surface area contributed by atoms with Gasteiger partial charge in [-0.05, 0) is 84.4 Å². The van der Waals surface area contributed by atoms with Crippen molar-refractivity contribution in [2.45, 2.75) is 161 Å². The summed E-state index contributed by atoms with van der Waals surface area (Å²) in [5.41, 5.74) is -0.0287. The highest BCUT2D eigenvalue weighted by atomic mass is 16.6. The molecule has 1 aliphatic carbocycles. The Labute approximate surface area is 426 Å². The summed E-state index contributed by atoms with van der Waals surface area (Å²) in [5.74, 6) is -4.65. The minimum atomic E-state index is -1.41. The first-order valence-corrected chi connectivity index (χ1v) is 26.5. The number of hydrogen-bond acceptors (Lipinski definition) is 16. The Morgan fingerprint density at radius 1 is 0.958 bits per heavy atom. The summed E-state index contributed by atoms with van der Waals surface area (Å²) in [6, 6.07) is 2.78. The summed E-state index contributed by atoms with van der Waals surface area (Å²) in [6.07, 6.45) is 8.77. The molecule has 0 aromatic carbocycles. The molecule has 7 rings (SSSR count). The predicted molar refractivity (Wildman–Crippen MR) is 269 cm³/mol. The van der Waals surface area contributed by atoms with Crippen LogP contribution in [0.1, 0.15) is 99.6 Å². The molecule has 4 aliphatic rings. The number of hydrogen-bond donors (Lipinski definition) is 2. The summed E-state index contributed by atoms with van der Waals surface area (Å²) in [5, 5.41) is 24.4. The molecular formula is C53H82N10O9. The minimum Gasteiger partial charge on any atom is -0.458 e. The van der Waals surface area contributed by atoms with E-state index in [4.69, 9.17) is 18.9 Å². The van der Waals surface area contributed by atoms with Crippen LogP contribution in [0.3, 0.4) is 0 Å². The van der Waals surface area contributed by atoms with Crippen molar-refractivity contribution in [3.8, 4) is 11.3 Å². The average Bonchev–Trinajstić information content (AvgIpc) is 4.12. The number of carbonyl (C=O) groups excluding carboxylic acids is 4. The summed E-state index contributed by atoms with van der Waals surface area (Å²) >= 11 is 0. The quantitative estimate of drug-likeness (QED) is 0.107. The molecule has 3 aliphatic heterocycles. The first-order chi connectivity index (χ1) is 34.4. The fraction of sp³-hybridized carbons (Fsp3) is 0.736. The zero-order chi connectivity index (χ0) is 51.9. The minimum absolute atomic E-state index is 0.129. The molecular weight excluding hydrogens is 921 g/mol. The second-order valence-electron chi connectivity index (χ2n) is 21.7. The van der Waals surface area contributed by atoms with E-state index in [9.17, 15) is 24.3 Å². The monoisotopic (exact) mass is 1000 g/mol. The van der Waals surface area contributed by atoms with E-state index in [1.54, 1.807) is 44.6 Å². The molecule has 6 heterocycles. The van der Waals surface area contributed by atoms with Crippen molar-refractivity contribution in [2.75, 3.05) is 60.0 Å². The van der Waals surface area contributed by atoms with E-state index in [-0.39, 0.29) is 30.6 Å². The van der Waals surface area contributed by atoms with E-state index in [1.807, 2.05) is 68.5 Å². The number of nitrogens with one attached hydrogen (secondary N) is 1. The number of likely N-dealkylation sites (N-methyl/N-ethyl adjacent to an activating group) is 1. The second kappa shape index (κ2) is 24.1. The number of aryl methyl sites for hydroxylation is 1. The van der Waals surface area contributed by atoms with E-state index in [2.05, 4.69) is 42.3 Å². The van der Waals surface area contributed by atoms with Crippen molar-refractivity contribution in [2.24, 2.45) is 29.6 Å². The molecule has 72 heavy (non-hydrogen) atoms. The fourth-order valence-electron chi connectivity index (χ4n) is 12.0. The lowest BCUT2D eigenvalue weighted by Crippen LogP contribution is -2.60. The Morgan fingerprint density at radius 3 is 2.42 bits per heavy atom. The fourth-order valence-corrected chi connectivity index (χ4v) is 12.0. The Kier molecular flexibility index (Phi) is 18.5. The molecule has 3 aromatic heterocycles. The standard InChI is InChI=1S/C53H82N10O9/c1-11-44-53(8)48(63(51(68)72-53)21-13-12-20-61-32-41(56-33-61)39-15-14-17-55-30-39)36(4)45(64)35(3)29-52(7,69-10)49(37(5)46(65)38(6)50(67)71-44)70-43-28-34(2)27-42(47(43)66)59(9)22-16-40-31-62(58-57-40)26-25-60-23-18-54-19-24-60/h14-15,17,30-38,42-44,47-49,54,66H,11-13,16,18-29H2,1-10H3/t34-,35-,36+,37+,38-,42+,43-,44-,47-,48-,49-,52-,53-/m1/s1. The third-order valence-electron chi connectivity index (χ3n) is 16.4. The van der Waals surface area contributed by atoms with E-state index < -0.39 is 83.2 Å². The molecule has 13 atom stereocenters. The summed E-state index contributed by atoms with van der Waals surface area (Å²) in [7, 11) is 3.55. The lowest BCUT2D eigenvalue weighted by molar-refractivity contribution is -0.206. The maximum Gasteiger partial charge on any atom is 0.410 e. The number of aliphatic hydroxyl groups is 1. The topological polar surface area (TPSA) is 209 Å². The highest BCUT2D eigenvalue weighted by Crippen LogP contribution is 2.43. The zero-order valence-corrected chi connectivity index (χ0v) is 44.4. The number of methoxy groups -OCH3 is 1. The Morgan fingerprint density at radius 2 is 1.71 bits per heavy atom. The predicted octanol–water partition coefficient (Wildman–Crippen LogP) is 4.70. The number of aromatic nitrogens is 6. The molecule has 1 saturated carbocycles. The molecule has 1 amide bonds. The maximum atomic E-state index is 15.0. The van der Waals surface area contributed by atoms with Gasteiger partial charge in [0.05, 0.1) is 54.2 Å². The number of ketones is 2. The SMILES string of the molecule is CC[C@H]1OC(=O)[C@H](C)C(=O)[C@H](C)[C@@H](O[C@@H]2C[C@H](C)C[C@H](N(C)CCc3cn(CCN4CCNCC4)nn3)[C@H]2O)[C@](C)(OC)C[C@@H](C)C(=O)[C@H](C)[C@H]2N(CCCCn3cnc(-c4cccnc4)c3)C(=O)O[C@]12C. The number of carbonyl (C=O) groups is 4. The van der Waals surface area contributed by atoms with Crippen LogP contribution in [0.25, 0.3) is 11.3 Å². The average molecular weight is 1000 g/mol. The van der Waals surface area contributed by atoms with Crippen LogP contribution in [-0.4, -0.2) is 181 Å². The Bertz CT molecular complexity index is 2270. The number of Topliss-reactive ketones (excluding diaryl/α,β-unsaturated/α-hetero) is 2. The number of nitrogens with zero attached hydrogens (tertiary/aromatic N) is 9. The molecule has 3 saturated heterocycles. The van der Waals surface area contributed by atoms with Gasteiger partial charge >= 0.3 is 12.1 Å². The third-order valence-corrected chi connectivity index (χ3v) is 16.4. The normalized spacial score (nSPS) is 33.4. The van der Waals surface area contributed by atoms with Crippen LogP contribution in [0.5, 0.6) is 0 Å². The lowest BCUT2D eigenvalue weighted by Gasteiger charge is -2.47. The van der Waals surface area contributed by atoms with Gasteiger partial charge in [0.1, 0.15) is 17.8 Å². The summed E-state index contributed by atoms with van der Waals surface area (Å²) in [4.78, 5) is 72.9. The molecule has 3 aromatic rings. The van der Waals surface area contributed by atoms with Gasteiger partial charge in [-0.15, -0.1) is 5.10 Å². The molecule has 19 nitrogen and oxygen atoms in total. The first-order valence-electron chi connectivity index (χ1n) is 26.5. The number of pyridine rings is 1. The number of esters is 1. The zero-order valence-electron chi connectivity index (χ0n) is 44.4. The highest BCUT2D eigenvalue weighted by Gasteiger charge is 2.60. The second-order valence-corrected chi connectivity index (χ2v) is 21.7. The maximum absolute atomic E-state index is 15.0. The molecule has 2 N–H and O–H groups in total. The van der Waals surface area contributed by atoms with Crippen LogP contribution in [-0.2, 0) is 52.8 Å². The number of cyclic esters (lactones) is 1. The molecule has 0 spiro atoms. The van der Waals surface area contributed by atoms with Crippen LogP contribution in [0, 0.1) is 29.6 Å². The molecule has 398 valence electrons. The van der Waals surface area contributed by atoms with Crippen LogP contribution < -0.4 is 5.32 Å². The number of rotatable bonds is 17. The summed E-state index contributed by atoms with van der Waals surface area (Å²) < 4.78 is 29.8. The molecule has 4 fully saturated rings. The number of piperazine rings is 1. The molecule has 0 unspecified atom stereocenters. The van der Waals surface area contributed by atoms with Gasteiger partial charge in [0, 0.05) is 120 Å².